The summed E-state index contributed by atoms with van der Waals surface area (Å²) >= 11 is 1.29. The van der Waals surface area contributed by atoms with Crippen LogP contribution in [0.15, 0.2) is 35.7 Å². The molecule has 1 aromatic carbocycles. The molecule has 2 rings (SSSR count). The van der Waals surface area contributed by atoms with Gasteiger partial charge in [-0.25, -0.2) is 9.59 Å². The van der Waals surface area contributed by atoms with Crippen molar-refractivity contribution in [3.05, 3.63) is 46.2 Å². The number of hydrogen-bond donors (Lipinski definition) is 0. The van der Waals surface area contributed by atoms with Gasteiger partial charge in [0.15, 0.2) is 11.5 Å². The van der Waals surface area contributed by atoms with E-state index in [9.17, 15) is 9.59 Å². The minimum Gasteiger partial charge on any atom is -0.493 e. The molecule has 5 nitrogen and oxygen atoms in total. The molecule has 0 fully saturated rings. The molecule has 0 aliphatic heterocycles. The SMILES string of the molecule is COC(=O)c1ccc(OC(=O)c2cccs2)c(OC)c1. The second-order valence-electron chi connectivity index (χ2n) is 3.72. The number of hydrogen-bond acceptors (Lipinski definition) is 6. The smallest absolute Gasteiger partial charge is 0.353 e. The summed E-state index contributed by atoms with van der Waals surface area (Å²) < 4.78 is 15.0. The molecular formula is C14H12O5S. The summed E-state index contributed by atoms with van der Waals surface area (Å²) in [6.07, 6.45) is 0. The zero-order valence-electron chi connectivity index (χ0n) is 10.9. The fraction of sp³-hybridized carbons (Fsp3) is 0.143. The molecule has 0 bridgehead atoms. The van der Waals surface area contributed by atoms with Crippen molar-refractivity contribution in [3.8, 4) is 11.5 Å². The number of thiophene rings is 1. The second-order valence-corrected chi connectivity index (χ2v) is 4.67. The molecule has 1 heterocycles. The Morgan fingerprint density at radius 2 is 1.85 bits per heavy atom. The first kappa shape index (κ1) is 14.1. The molecule has 20 heavy (non-hydrogen) atoms. The lowest BCUT2D eigenvalue weighted by Gasteiger charge is -2.09. The Bertz CT molecular complexity index is 618. The molecule has 0 N–H and O–H groups in total. The number of carbonyl (C=O) groups is 2. The maximum Gasteiger partial charge on any atom is 0.353 e. The van der Waals surface area contributed by atoms with E-state index in [4.69, 9.17) is 9.47 Å². The van der Waals surface area contributed by atoms with Gasteiger partial charge in [-0.15, -0.1) is 11.3 Å². The molecule has 0 aliphatic rings. The van der Waals surface area contributed by atoms with E-state index in [1.165, 1.54) is 43.8 Å². The molecule has 0 aliphatic carbocycles. The van der Waals surface area contributed by atoms with Crippen LogP contribution in [0.3, 0.4) is 0 Å². The van der Waals surface area contributed by atoms with E-state index in [-0.39, 0.29) is 11.5 Å². The van der Waals surface area contributed by atoms with Crippen LogP contribution in [0, 0.1) is 0 Å². The van der Waals surface area contributed by atoms with Crippen LogP contribution in [0.5, 0.6) is 11.5 Å². The minimum absolute atomic E-state index is 0.249. The van der Waals surface area contributed by atoms with Crippen molar-refractivity contribution in [3.63, 3.8) is 0 Å². The highest BCUT2D eigenvalue weighted by Gasteiger charge is 2.15. The van der Waals surface area contributed by atoms with E-state index < -0.39 is 11.9 Å². The fourth-order valence-electron chi connectivity index (χ4n) is 1.54. The quantitative estimate of drug-likeness (QED) is 0.640. The third-order valence-corrected chi connectivity index (χ3v) is 3.36. The van der Waals surface area contributed by atoms with Crippen molar-refractivity contribution in [1.82, 2.24) is 0 Å². The zero-order chi connectivity index (χ0) is 14.5. The molecule has 0 radical (unpaired) electrons. The Kier molecular flexibility index (Phi) is 4.37. The van der Waals surface area contributed by atoms with Crippen LogP contribution in [0.1, 0.15) is 20.0 Å². The highest BCUT2D eigenvalue weighted by atomic mass is 32.1. The number of benzene rings is 1. The van der Waals surface area contributed by atoms with Gasteiger partial charge in [-0.3, -0.25) is 0 Å². The predicted octanol–water partition coefficient (Wildman–Crippen LogP) is 2.76. The van der Waals surface area contributed by atoms with Crippen molar-refractivity contribution in [2.24, 2.45) is 0 Å². The van der Waals surface area contributed by atoms with Crippen LogP contribution in [0.4, 0.5) is 0 Å². The first-order chi connectivity index (χ1) is 9.65. The maximum absolute atomic E-state index is 11.9. The largest absolute Gasteiger partial charge is 0.493 e. The molecule has 2 aromatic rings. The number of esters is 2. The summed E-state index contributed by atoms with van der Waals surface area (Å²) in [5.74, 6) is -0.417. The summed E-state index contributed by atoms with van der Waals surface area (Å²) in [5, 5.41) is 1.79. The van der Waals surface area contributed by atoms with Crippen molar-refractivity contribution in [2.75, 3.05) is 14.2 Å². The lowest BCUT2D eigenvalue weighted by atomic mass is 10.2. The summed E-state index contributed by atoms with van der Waals surface area (Å²) in [4.78, 5) is 23.8. The average Bonchev–Trinajstić information content (AvgIpc) is 3.01. The topological polar surface area (TPSA) is 61.8 Å². The van der Waals surface area contributed by atoms with Gasteiger partial charge in [0.1, 0.15) is 4.88 Å². The van der Waals surface area contributed by atoms with E-state index in [0.717, 1.165) is 0 Å². The Hall–Kier alpha value is -2.34. The van der Waals surface area contributed by atoms with Crippen LogP contribution in [0.25, 0.3) is 0 Å². The van der Waals surface area contributed by atoms with Gasteiger partial charge in [-0.05, 0) is 29.6 Å². The summed E-state index contributed by atoms with van der Waals surface area (Å²) in [6, 6.07) is 7.89. The zero-order valence-corrected chi connectivity index (χ0v) is 11.7. The van der Waals surface area contributed by atoms with Crippen LogP contribution >= 0.6 is 11.3 Å². The molecular weight excluding hydrogens is 280 g/mol. The Balaban J connectivity index is 2.24. The Morgan fingerprint density at radius 3 is 2.45 bits per heavy atom. The van der Waals surface area contributed by atoms with E-state index in [1.54, 1.807) is 17.5 Å². The molecule has 0 amide bonds. The van der Waals surface area contributed by atoms with Gasteiger partial charge in [-0.1, -0.05) is 6.07 Å². The van der Waals surface area contributed by atoms with E-state index in [2.05, 4.69) is 4.74 Å². The Labute approximate surface area is 119 Å². The van der Waals surface area contributed by atoms with Gasteiger partial charge in [0.25, 0.3) is 0 Å². The second kappa shape index (κ2) is 6.21. The standard InChI is InChI=1S/C14H12O5S/c1-17-11-8-9(13(15)18-2)5-6-10(11)19-14(16)12-4-3-7-20-12/h3-8H,1-2H3. The molecule has 104 valence electrons. The highest BCUT2D eigenvalue weighted by Crippen LogP contribution is 2.29. The van der Waals surface area contributed by atoms with Gasteiger partial charge >= 0.3 is 11.9 Å². The molecule has 0 unspecified atom stereocenters. The van der Waals surface area contributed by atoms with E-state index in [1.807, 2.05) is 0 Å². The highest BCUT2D eigenvalue weighted by molar-refractivity contribution is 7.12. The molecule has 6 heteroatoms. The van der Waals surface area contributed by atoms with E-state index in [0.29, 0.717) is 10.4 Å². The maximum atomic E-state index is 11.9. The first-order valence-electron chi connectivity index (χ1n) is 5.67. The third kappa shape index (κ3) is 2.97. The van der Waals surface area contributed by atoms with Gasteiger partial charge in [-0.2, -0.15) is 0 Å². The van der Waals surface area contributed by atoms with Gasteiger partial charge in [0, 0.05) is 0 Å². The monoisotopic (exact) mass is 292 g/mol. The molecule has 0 atom stereocenters. The Morgan fingerprint density at radius 1 is 1.05 bits per heavy atom. The summed E-state index contributed by atoms with van der Waals surface area (Å²) in [7, 11) is 2.72. The number of carbonyl (C=O) groups excluding carboxylic acids is 2. The lowest BCUT2D eigenvalue weighted by molar-refractivity contribution is 0.0600. The van der Waals surface area contributed by atoms with Crippen molar-refractivity contribution in [2.45, 2.75) is 0 Å². The van der Waals surface area contributed by atoms with Crippen molar-refractivity contribution >= 4 is 23.3 Å². The van der Waals surface area contributed by atoms with Crippen molar-refractivity contribution in [1.29, 1.82) is 0 Å². The third-order valence-electron chi connectivity index (χ3n) is 2.51. The predicted molar refractivity (Wildman–Crippen MR) is 73.6 cm³/mol. The number of methoxy groups -OCH3 is 2. The van der Waals surface area contributed by atoms with Crippen LogP contribution in [-0.2, 0) is 4.74 Å². The van der Waals surface area contributed by atoms with Gasteiger partial charge < -0.3 is 14.2 Å². The first-order valence-corrected chi connectivity index (χ1v) is 6.55. The normalized spacial score (nSPS) is 9.90. The van der Waals surface area contributed by atoms with Gasteiger partial charge in [0.2, 0.25) is 0 Å². The number of rotatable bonds is 4. The van der Waals surface area contributed by atoms with Crippen molar-refractivity contribution < 1.29 is 23.8 Å². The van der Waals surface area contributed by atoms with E-state index >= 15 is 0 Å². The molecule has 0 saturated heterocycles. The molecule has 1 aromatic heterocycles. The summed E-state index contributed by atoms with van der Waals surface area (Å²) in [6.45, 7) is 0. The minimum atomic E-state index is -0.487. The lowest BCUT2D eigenvalue weighted by Crippen LogP contribution is -2.08. The fourth-order valence-corrected chi connectivity index (χ4v) is 2.14. The molecule has 0 spiro atoms. The van der Waals surface area contributed by atoms with Crippen LogP contribution in [-0.4, -0.2) is 26.2 Å². The average molecular weight is 292 g/mol. The molecule has 0 saturated carbocycles. The van der Waals surface area contributed by atoms with Crippen LogP contribution < -0.4 is 9.47 Å². The number of ether oxygens (including phenoxy) is 3. The van der Waals surface area contributed by atoms with Crippen LogP contribution in [0.2, 0.25) is 0 Å². The van der Waals surface area contributed by atoms with Gasteiger partial charge in [0.05, 0.1) is 19.8 Å². The summed E-state index contributed by atoms with van der Waals surface area (Å²) in [5.41, 5.74) is 0.320.